The van der Waals surface area contributed by atoms with Crippen molar-refractivity contribution in [3.8, 4) is 0 Å². The predicted molar refractivity (Wildman–Crippen MR) is 93.9 cm³/mol. The molecule has 1 fully saturated rings. The third-order valence-electron chi connectivity index (χ3n) is 3.43. The number of nitrogens with one attached hydrogen (secondary N) is 1. The van der Waals surface area contributed by atoms with E-state index < -0.39 is 0 Å². The number of thioether (sulfide) groups is 1. The Bertz CT molecular complexity index is 772. The van der Waals surface area contributed by atoms with Gasteiger partial charge in [0.25, 0.3) is 11.1 Å². The molecule has 5 heteroatoms. The SMILES string of the molecule is Cc1cccc(NCN2C(=O)SC(=Cc3ccccc3)C2=O)c1. The maximum atomic E-state index is 12.4. The van der Waals surface area contributed by atoms with Gasteiger partial charge in [-0.1, -0.05) is 42.5 Å². The van der Waals surface area contributed by atoms with Gasteiger partial charge in [-0.15, -0.1) is 0 Å². The molecule has 1 N–H and O–H groups in total. The van der Waals surface area contributed by atoms with Crippen LogP contribution in [-0.2, 0) is 4.79 Å². The maximum absolute atomic E-state index is 12.4. The zero-order valence-electron chi connectivity index (χ0n) is 12.7. The average Bonchev–Trinajstić information content (AvgIpc) is 2.80. The van der Waals surface area contributed by atoms with Crippen molar-refractivity contribution in [1.82, 2.24) is 4.90 Å². The summed E-state index contributed by atoms with van der Waals surface area (Å²) in [7, 11) is 0. The second-order valence-electron chi connectivity index (χ2n) is 5.22. The zero-order chi connectivity index (χ0) is 16.2. The summed E-state index contributed by atoms with van der Waals surface area (Å²) in [5.74, 6) is -0.260. The van der Waals surface area contributed by atoms with Gasteiger partial charge in [0.15, 0.2) is 0 Å². The molecule has 2 amide bonds. The van der Waals surface area contributed by atoms with Crippen LogP contribution in [0.2, 0.25) is 0 Å². The Kier molecular flexibility index (Phi) is 4.48. The highest BCUT2D eigenvalue weighted by molar-refractivity contribution is 8.18. The number of imide groups is 1. The van der Waals surface area contributed by atoms with Crippen molar-refractivity contribution in [3.05, 3.63) is 70.6 Å². The number of nitrogens with zero attached hydrogens (tertiary/aromatic N) is 1. The molecule has 0 aliphatic carbocycles. The Morgan fingerprint density at radius 3 is 2.61 bits per heavy atom. The fraction of sp³-hybridized carbons (Fsp3) is 0.111. The molecule has 3 rings (SSSR count). The minimum atomic E-state index is -0.260. The Balaban J connectivity index is 1.70. The van der Waals surface area contributed by atoms with Crippen molar-refractivity contribution in [2.45, 2.75) is 6.92 Å². The molecular formula is C18H16N2O2S. The highest BCUT2D eigenvalue weighted by Gasteiger charge is 2.34. The van der Waals surface area contributed by atoms with Gasteiger partial charge in [0.2, 0.25) is 0 Å². The van der Waals surface area contributed by atoms with E-state index in [1.807, 2.05) is 61.5 Å². The fourth-order valence-corrected chi connectivity index (χ4v) is 3.10. The number of benzene rings is 2. The number of hydrogen-bond acceptors (Lipinski definition) is 4. The summed E-state index contributed by atoms with van der Waals surface area (Å²) in [4.78, 5) is 26.1. The van der Waals surface area contributed by atoms with Gasteiger partial charge in [-0.05, 0) is 48.0 Å². The van der Waals surface area contributed by atoms with Gasteiger partial charge in [-0.3, -0.25) is 14.5 Å². The smallest absolute Gasteiger partial charge is 0.295 e. The van der Waals surface area contributed by atoms with Gasteiger partial charge in [0, 0.05) is 5.69 Å². The van der Waals surface area contributed by atoms with Crippen LogP contribution in [-0.4, -0.2) is 22.7 Å². The van der Waals surface area contributed by atoms with E-state index in [-0.39, 0.29) is 17.8 Å². The van der Waals surface area contributed by atoms with Crippen LogP contribution in [0.25, 0.3) is 6.08 Å². The second kappa shape index (κ2) is 6.71. The van der Waals surface area contributed by atoms with Crippen LogP contribution < -0.4 is 5.32 Å². The van der Waals surface area contributed by atoms with Crippen molar-refractivity contribution in [2.24, 2.45) is 0 Å². The second-order valence-corrected chi connectivity index (χ2v) is 6.22. The Hall–Kier alpha value is -2.53. The van der Waals surface area contributed by atoms with Gasteiger partial charge < -0.3 is 5.32 Å². The van der Waals surface area contributed by atoms with Crippen LogP contribution in [0.15, 0.2) is 59.5 Å². The Morgan fingerprint density at radius 1 is 1.09 bits per heavy atom. The van der Waals surface area contributed by atoms with Gasteiger partial charge in [0.05, 0.1) is 11.6 Å². The van der Waals surface area contributed by atoms with E-state index in [4.69, 9.17) is 0 Å². The van der Waals surface area contributed by atoms with E-state index in [2.05, 4.69) is 5.32 Å². The number of aryl methyl sites for hydroxylation is 1. The molecule has 0 spiro atoms. The molecule has 0 aromatic heterocycles. The summed E-state index contributed by atoms with van der Waals surface area (Å²) in [5.41, 5.74) is 2.91. The van der Waals surface area contributed by atoms with E-state index in [0.29, 0.717) is 4.91 Å². The molecule has 1 aliphatic rings. The number of rotatable bonds is 4. The van der Waals surface area contributed by atoms with E-state index in [9.17, 15) is 9.59 Å². The van der Waals surface area contributed by atoms with Crippen LogP contribution in [0.4, 0.5) is 10.5 Å². The lowest BCUT2D eigenvalue weighted by Gasteiger charge is -2.14. The van der Waals surface area contributed by atoms with Crippen molar-refractivity contribution < 1.29 is 9.59 Å². The molecule has 2 aromatic carbocycles. The topological polar surface area (TPSA) is 49.4 Å². The number of carbonyl (C=O) groups is 2. The lowest BCUT2D eigenvalue weighted by Crippen LogP contribution is -2.33. The molecular weight excluding hydrogens is 308 g/mol. The molecule has 0 atom stereocenters. The third-order valence-corrected chi connectivity index (χ3v) is 4.34. The van der Waals surface area contributed by atoms with Crippen LogP contribution >= 0.6 is 11.8 Å². The van der Waals surface area contributed by atoms with Crippen LogP contribution in [0, 0.1) is 6.92 Å². The van der Waals surface area contributed by atoms with Gasteiger partial charge in [-0.25, -0.2) is 0 Å². The summed E-state index contributed by atoms with van der Waals surface area (Å²) < 4.78 is 0. The molecule has 116 valence electrons. The van der Waals surface area contributed by atoms with E-state index >= 15 is 0 Å². The highest BCUT2D eigenvalue weighted by atomic mass is 32.2. The third kappa shape index (κ3) is 3.63. The number of amides is 2. The molecule has 4 nitrogen and oxygen atoms in total. The first-order chi connectivity index (χ1) is 11.1. The molecule has 1 saturated heterocycles. The first kappa shape index (κ1) is 15.4. The van der Waals surface area contributed by atoms with Crippen molar-refractivity contribution >= 4 is 34.7 Å². The monoisotopic (exact) mass is 324 g/mol. The maximum Gasteiger partial charge on any atom is 0.295 e. The highest BCUT2D eigenvalue weighted by Crippen LogP contribution is 2.32. The fourth-order valence-electron chi connectivity index (χ4n) is 2.26. The van der Waals surface area contributed by atoms with Crippen molar-refractivity contribution in [2.75, 3.05) is 12.0 Å². The lowest BCUT2D eigenvalue weighted by molar-refractivity contribution is -0.122. The number of carbonyl (C=O) groups excluding carboxylic acids is 2. The normalized spacial score (nSPS) is 16.2. The van der Waals surface area contributed by atoms with E-state index in [0.717, 1.165) is 28.6 Å². The molecule has 2 aromatic rings. The molecule has 0 saturated carbocycles. The average molecular weight is 324 g/mol. The minimum absolute atomic E-state index is 0.167. The molecule has 0 bridgehead atoms. The predicted octanol–water partition coefficient (Wildman–Crippen LogP) is 4.10. The van der Waals surface area contributed by atoms with Crippen molar-refractivity contribution in [1.29, 1.82) is 0 Å². The van der Waals surface area contributed by atoms with E-state index in [1.165, 1.54) is 4.90 Å². The number of hydrogen-bond donors (Lipinski definition) is 1. The summed E-state index contributed by atoms with van der Waals surface area (Å²) in [6.45, 7) is 2.16. The minimum Gasteiger partial charge on any atom is -0.367 e. The zero-order valence-corrected chi connectivity index (χ0v) is 13.5. The molecule has 23 heavy (non-hydrogen) atoms. The summed E-state index contributed by atoms with van der Waals surface area (Å²) in [6, 6.07) is 17.3. The largest absolute Gasteiger partial charge is 0.367 e. The standard InChI is InChI=1S/C18H16N2O2S/c1-13-6-5-9-15(10-13)19-12-20-17(21)16(23-18(20)22)11-14-7-3-2-4-8-14/h2-11,19H,12H2,1H3. The summed E-state index contributed by atoms with van der Waals surface area (Å²) in [6.07, 6.45) is 1.75. The summed E-state index contributed by atoms with van der Waals surface area (Å²) >= 11 is 0.973. The quantitative estimate of drug-likeness (QED) is 0.860. The van der Waals surface area contributed by atoms with Gasteiger partial charge in [0.1, 0.15) is 0 Å². The van der Waals surface area contributed by atoms with Crippen LogP contribution in [0.1, 0.15) is 11.1 Å². The number of anilines is 1. The first-order valence-electron chi connectivity index (χ1n) is 7.24. The van der Waals surface area contributed by atoms with Crippen LogP contribution in [0.3, 0.4) is 0 Å². The Morgan fingerprint density at radius 2 is 1.87 bits per heavy atom. The van der Waals surface area contributed by atoms with Gasteiger partial charge in [-0.2, -0.15) is 0 Å². The first-order valence-corrected chi connectivity index (χ1v) is 8.06. The Labute approximate surface area is 139 Å². The molecule has 0 unspecified atom stereocenters. The molecule has 0 radical (unpaired) electrons. The van der Waals surface area contributed by atoms with E-state index in [1.54, 1.807) is 6.08 Å². The molecule has 1 heterocycles. The van der Waals surface area contributed by atoms with Gasteiger partial charge >= 0.3 is 0 Å². The lowest BCUT2D eigenvalue weighted by atomic mass is 10.2. The van der Waals surface area contributed by atoms with Crippen LogP contribution in [0.5, 0.6) is 0 Å². The molecule has 1 aliphatic heterocycles. The van der Waals surface area contributed by atoms with Crippen molar-refractivity contribution in [3.63, 3.8) is 0 Å². The summed E-state index contributed by atoms with van der Waals surface area (Å²) in [5, 5.41) is 2.86.